The maximum Gasteiger partial charge on any atom is 0.130 e. The third-order valence-corrected chi connectivity index (χ3v) is 2.03. The quantitative estimate of drug-likeness (QED) is 0.835. The second-order valence-corrected chi connectivity index (χ2v) is 4.24. The molecule has 1 N–H and O–H groups in total. The molecule has 0 aliphatic carbocycles. The SMILES string of the molecule is CC(C)CC(O)Cc1ncc(Cl)cn1. The number of rotatable bonds is 4. The molecule has 4 heteroatoms. The third kappa shape index (κ3) is 4.03. The summed E-state index contributed by atoms with van der Waals surface area (Å²) in [5, 5.41) is 10.1. The summed E-state index contributed by atoms with van der Waals surface area (Å²) in [6.45, 7) is 4.15. The molecule has 3 nitrogen and oxygen atoms in total. The van der Waals surface area contributed by atoms with E-state index in [0.717, 1.165) is 6.42 Å². The second kappa shape index (κ2) is 5.27. The average Bonchev–Trinajstić information content (AvgIpc) is 2.07. The van der Waals surface area contributed by atoms with E-state index >= 15 is 0 Å². The molecule has 1 heterocycles. The Kier molecular flexibility index (Phi) is 4.29. The highest BCUT2D eigenvalue weighted by atomic mass is 35.5. The smallest absolute Gasteiger partial charge is 0.130 e. The summed E-state index contributed by atoms with van der Waals surface area (Å²) in [4.78, 5) is 8.04. The minimum atomic E-state index is -0.365. The molecule has 0 aliphatic heterocycles. The first kappa shape index (κ1) is 11.4. The monoisotopic (exact) mass is 214 g/mol. The third-order valence-electron chi connectivity index (χ3n) is 1.84. The van der Waals surface area contributed by atoms with Crippen LogP contribution in [0.25, 0.3) is 0 Å². The van der Waals surface area contributed by atoms with Gasteiger partial charge in [-0.2, -0.15) is 0 Å². The van der Waals surface area contributed by atoms with Crippen molar-refractivity contribution in [1.82, 2.24) is 9.97 Å². The number of halogens is 1. The Bertz CT molecular complexity index is 274. The first-order chi connectivity index (χ1) is 6.58. The molecule has 0 amide bonds. The molecule has 78 valence electrons. The Morgan fingerprint density at radius 2 is 1.93 bits per heavy atom. The van der Waals surface area contributed by atoms with E-state index in [9.17, 15) is 5.11 Å². The summed E-state index contributed by atoms with van der Waals surface area (Å²) in [7, 11) is 0. The number of nitrogens with zero attached hydrogens (tertiary/aromatic N) is 2. The summed E-state index contributed by atoms with van der Waals surface area (Å²) < 4.78 is 0. The van der Waals surface area contributed by atoms with Crippen molar-refractivity contribution in [3.8, 4) is 0 Å². The van der Waals surface area contributed by atoms with Crippen LogP contribution in [-0.4, -0.2) is 21.2 Å². The lowest BCUT2D eigenvalue weighted by Gasteiger charge is -2.11. The number of hydrogen-bond acceptors (Lipinski definition) is 3. The first-order valence-electron chi connectivity index (χ1n) is 4.72. The van der Waals surface area contributed by atoms with Gasteiger partial charge < -0.3 is 5.11 Å². The summed E-state index contributed by atoms with van der Waals surface area (Å²) in [5.41, 5.74) is 0. The lowest BCUT2D eigenvalue weighted by Crippen LogP contribution is -2.15. The van der Waals surface area contributed by atoms with Crippen molar-refractivity contribution in [3.05, 3.63) is 23.2 Å². The molecule has 0 radical (unpaired) electrons. The van der Waals surface area contributed by atoms with Crippen LogP contribution in [0.3, 0.4) is 0 Å². The molecular weight excluding hydrogens is 200 g/mol. The van der Waals surface area contributed by atoms with Gasteiger partial charge in [0.15, 0.2) is 0 Å². The fourth-order valence-electron chi connectivity index (χ4n) is 1.28. The molecule has 0 aromatic carbocycles. The zero-order chi connectivity index (χ0) is 10.6. The lowest BCUT2D eigenvalue weighted by molar-refractivity contribution is 0.147. The van der Waals surface area contributed by atoms with E-state index in [1.165, 1.54) is 0 Å². The molecule has 0 fully saturated rings. The first-order valence-corrected chi connectivity index (χ1v) is 5.10. The van der Waals surface area contributed by atoms with Gasteiger partial charge in [0.1, 0.15) is 5.82 Å². The van der Waals surface area contributed by atoms with Crippen LogP contribution in [0.15, 0.2) is 12.4 Å². The van der Waals surface area contributed by atoms with Crippen molar-refractivity contribution in [2.24, 2.45) is 5.92 Å². The fourth-order valence-corrected chi connectivity index (χ4v) is 1.38. The number of hydrogen-bond donors (Lipinski definition) is 1. The van der Waals surface area contributed by atoms with Crippen LogP contribution in [0.4, 0.5) is 0 Å². The average molecular weight is 215 g/mol. The topological polar surface area (TPSA) is 46.0 Å². The van der Waals surface area contributed by atoms with E-state index in [2.05, 4.69) is 23.8 Å². The van der Waals surface area contributed by atoms with Gasteiger partial charge in [0.25, 0.3) is 0 Å². The molecular formula is C10H15ClN2O. The van der Waals surface area contributed by atoms with Crippen LogP contribution in [0.2, 0.25) is 5.02 Å². The molecule has 1 atom stereocenters. The molecule has 1 aromatic heterocycles. The van der Waals surface area contributed by atoms with E-state index < -0.39 is 0 Å². The van der Waals surface area contributed by atoms with E-state index in [4.69, 9.17) is 11.6 Å². The normalized spacial score (nSPS) is 13.2. The van der Waals surface area contributed by atoms with Crippen molar-refractivity contribution in [2.75, 3.05) is 0 Å². The van der Waals surface area contributed by atoms with Gasteiger partial charge in [-0.1, -0.05) is 25.4 Å². The molecule has 0 bridgehead atoms. The van der Waals surface area contributed by atoms with Gasteiger partial charge in [-0.05, 0) is 12.3 Å². The molecule has 14 heavy (non-hydrogen) atoms. The molecule has 0 saturated heterocycles. The maximum absolute atomic E-state index is 9.63. The van der Waals surface area contributed by atoms with Gasteiger partial charge in [-0.3, -0.25) is 0 Å². The van der Waals surface area contributed by atoms with Crippen LogP contribution in [0.5, 0.6) is 0 Å². The molecule has 1 aromatic rings. The zero-order valence-electron chi connectivity index (χ0n) is 8.44. The highest BCUT2D eigenvalue weighted by molar-refractivity contribution is 6.30. The number of aliphatic hydroxyl groups excluding tert-OH is 1. The standard InChI is InChI=1S/C10H15ClN2O/c1-7(2)3-9(14)4-10-12-5-8(11)6-13-10/h5-7,9,14H,3-4H2,1-2H3. The summed E-state index contributed by atoms with van der Waals surface area (Å²) in [5.74, 6) is 1.12. The van der Waals surface area contributed by atoms with Gasteiger partial charge in [-0.25, -0.2) is 9.97 Å². The van der Waals surface area contributed by atoms with Crippen molar-refractivity contribution < 1.29 is 5.11 Å². The zero-order valence-corrected chi connectivity index (χ0v) is 9.20. The minimum absolute atomic E-state index is 0.365. The highest BCUT2D eigenvalue weighted by Gasteiger charge is 2.09. The van der Waals surface area contributed by atoms with Gasteiger partial charge in [0, 0.05) is 18.8 Å². The van der Waals surface area contributed by atoms with Crippen LogP contribution >= 0.6 is 11.6 Å². The van der Waals surface area contributed by atoms with Crippen LogP contribution in [-0.2, 0) is 6.42 Å². The van der Waals surface area contributed by atoms with Gasteiger partial charge in [0.2, 0.25) is 0 Å². The predicted molar refractivity (Wildman–Crippen MR) is 56.2 cm³/mol. The molecule has 0 spiro atoms. The van der Waals surface area contributed by atoms with Gasteiger partial charge in [0.05, 0.1) is 11.1 Å². The Hall–Kier alpha value is -0.670. The Labute approximate surface area is 89.2 Å². The molecule has 1 unspecified atom stereocenters. The van der Waals surface area contributed by atoms with E-state index in [-0.39, 0.29) is 6.10 Å². The number of aliphatic hydroxyl groups is 1. The molecule has 0 aliphatic rings. The highest BCUT2D eigenvalue weighted by Crippen LogP contribution is 2.09. The fraction of sp³-hybridized carbons (Fsp3) is 0.600. The van der Waals surface area contributed by atoms with Crippen LogP contribution in [0.1, 0.15) is 26.1 Å². The summed E-state index contributed by atoms with van der Waals surface area (Å²) in [6.07, 6.45) is 4.00. The van der Waals surface area contributed by atoms with Gasteiger partial charge >= 0.3 is 0 Å². The second-order valence-electron chi connectivity index (χ2n) is 3.81. The summed E-state index contributed by atoms with van der Waals surface area (Å²) in [6, 6.07) is 0. The Morgan fingerprint density at radius 1 is 1.36 bits per heavy atom. The van der Waals surface area contributed by atoms with Crippen molar-refractivity contribution in [1.29, 1.82) is 0 Å². The maximum atomic E-state index is 9.63. The predicted octanol–water partition coefficient (Wildman–Crippen LogP) is 2.08. The number of aromatic nitrogens is 2. The van der Waals surface area contributed by atoms with E-state index in [0.29, 0.717) is 23.2 Å². The largest absolute Gasteiger partial charge is 0.393 e. The molecule has 0 saturated carbocycles. The minimum Gasteiger partial charge on any atom is -0.393 e. The van der Waals surface area contributed by atoms with Crippen molar-refractivity contribution in [3.63, 3.8) is 0 Å². The van der Waals surface area contributed by atoms with E-state index in [1.54, 1.807) is 12.4 Å². The van der Waals surface area contributed by atoms with Crippen LogP contribution < -0.4 is 0 Å². The summed E-state index contributed by atoms with van der Waals surface area (Å²) >= 11 is 5.65. The van der Waals surface area contributed by atoms with Crippen LogP contribution in [0, 0.1) is 5.92 Å². The van der Waals surface area contributed by atoms with E-state index in [1.807, 2.05) is 0 Å². The van der Waals surface area contributed by atoms with Gasteiger partial charge in [-0.15, -0.1) is 0 Å². The Morgan fingerprint density at radius 3 is 2.43 bits per heavy atom. The Balaban J connectivity index is 2.47. The molecule has 1 rings (SSSR count). The lowest BCUT2D eigenvalue weighted by atomic mass is 10.0. The van der Waals surface area contributed by atoms with Crippen molar-refractivity contribution >= 4 is 11.6 Å². The van der Waals surface area contributed by atoms with Crippen molar-refractivity contribution in [2.45, 2.75) is 32.8 Å².